The van der Waals surface area contributed by atoms with E-state index in [1.54, 1.807) is 18.2 Å². The molecule has 0 bridgehead atoms. The molecule has 1 aliphatic rings. The van der Waals surface area contributed by atoms with Crippen molar-refractivity contribution in [3.8, 4) is 10.4 Å². The molecule has 0 spiro atoms. The van der Waals surface area contributed by atoms with Gasteiger partial charge in [0.25, 0.3) is 0 Å². The molecule has 8 nitrogen and oxygen atoms in total. The van der Waals surface area contributed by atoms with E-state index in [1.807, 2.05) is 0 Å². The van der Waals surface area contributed by atoms with E-state index >= 15 is 0 Å². The summed E-state index contributed by atoms with van der Waals surface area (Å²) < 4.78 is 17.8. The van der Waals surface area contributed by atoms with E-state index < -0.39 is 29.6 Å². The first-order chi connectivity index (χ1) is 12.9. The van der Waals surface area contributed by atoms with Gasteiger partial charge in [0.1, 0.15) is 23.8 Å². The average molecular weight is 391 g/mol. The number of benzene rings is 1. The number of thiophene rings is 1. The monoisotopic (exact) mass is 391 g/mol. The molecular formula is C17H14FN3O5S. The van der Waals surface area contributed by atoms with Crippen molar-refractivity contribution in [2.75, 3.05) is 25.5 Å². The SMILES string of the molecule is COC(=O)c1sc(-c2ccc(F)cc2)cc1NC(=O)CN1CC(=O)NC1=O. The number of nitrogens with one attached hydrogen (secondary N) is 2. The first kappa shape index (κ1) is 18.5. The van der Waals surface area contributed by atoms with Gasteiger partial charge in [-0.15, -0.1) is 11.3 Å². The first-order valence-electron chi connectivity index (χ1n) is 7.74. The van der Waals surface area contributed by atoms with Crippen LogP contribution >= 0.6 is 11.3 Å². The number of methoxy groups -OCH3 is 1. The smallest absolute Gasteiger partial charge is 0.350 e. The number of carbonyl (C=O) groups excluding carboxylic acids is 4. The third-order valence-electron chi connectivity index (χ3n) is 3.71. The number of anilines is 1. The zero-order chi connectivity index (χ0) is 19.6. The van der Waals surface area contributed by atoms with Gasteiger partial charge in [0, 0.05) is 4.88 Å². The highest BCUT2D eigenvalue weighted by atomic mass is 32.1. The number of carbonyl (C=O) groups is 4. The molecule has 0 saturated carbocycles. The van der Waals surface area contributed by atoms with Crippen LogP contribution in [-0.4, -0.2) is 48.9 Å². The number of hydrogen-bond acceptors (Lipinski definition) is 6. The van der Waals surface area contributed by atoms with E-state index in [0.717, 1.165) is 16.2 Å². The Bertz CT molecular complexity index is 925. The summed E-state index contributed by atoms with van der Waals surface area (Å²) in [6.07, 6.45) is 0. The Hall–Kier alpha value is -3.27. The van der Waals surface area contributed by atoms with Crippen LogP contribution in [0.5, 0.6) is 0 Å². The number of halogens is 1. The molecule has 0 atom stereocenters. The Balaban J connectivity index is 1.81. The summed E-state index contributed by atoms with van der Waals surface area (Å²) in [5.74, 6) is -2.10. The van der Waals surface area contributed by atoms with Crippen molar-refractivity contribution in [1.82, 2.24) is 10.2 Å². The molecule has 1 saturated heterocycles. The number of urea groups is 1. The number of esters is 1. The van der Waals surface area contributed by atoms with Crippen molar-refractivity contribution in [1.29, 1.82) is 0 Å². The van der Waals surface area contributed by atoms with Gasteiger partial charge >= 0.3 is 12.0 Å². The van der Waals surface area contributed by atoms with Gasteiger partial charge in [-0.25, -0.2) is 14.0 Å². The molecule has 2 aromatic rings. The maximum atomic E-state index is 13.1. The third kappa shape index (κ3) is 4.11. The second kappa shape index (κ2) is 7.54. The van der Waals surface area contributed by atoms with Gasteiger partial charge < -0.3 is 15.0 Å². The summed E-state index contributed by atoms with van der Waals surface area (Å²) >= 11 is 1.08. The standard InChI is InChI=1S/C17H14FN3O5S/c1-26-16(24)15-11(6-12(27-15)9-2-4-10(18)5-3-9)19-13(22)7-21-8-14(23)20-17(21)25/h2-6H,7-8H2,1H3,(H,19,22)(H,20,23,25). The Morgan fingerprint density at radius 2 is 2.00 bits per heavy atom. The lowest BCUT2D eigenvalue weighted by molar-refractivity contribution is -0.119. The van der Waals surface area contributed by atoms with E-state index in [9.17, 15) is 23.6 Å². The number of hydrogen-bond donors (Lipinski definition) is 2. The van der Waals surface area contributed by atoms with E-state index in [-0.39, 0.29) is 23.7 Å². The van der Waals surface area contributed by atoms with Crippen molar-refractivity contribution >= 4 is 40.8 Å². The zero-order valence-corrected chi connectivity index (χ0v) is 14.9. The molecule has 10 heteroatoms. The van der Waals surface area contributed by atoms with Crippen LogP contribution in [0.3, 0.4) is 0 Å². The predicted molar refractivity (Wildman–Crippen MR) is 94.8 cm³/mol. The Labute approximate surface area is 156 Å². The topological polar surface area (TPSA) is 105 Å². The van der Waals surface area contributed by atoms with Crippen LogP contribution < -0.4 is 10.6 Å². The fraction of sp³-hybridized carbons (Fsp3) is 0.176. The van der Waals surface area contributed by atoms with E-state index in [4.69, 9.17) is 4.74 Å². The van der Waals surface area contributed by atoms with Crippen LogP contribution in [-0.2, 0) is 14.3 Å². The molecule has 0 unspecified atom stereocenters. The summed E-state index contributed by atoms with van der Waals surface area (Å²) in [7, 11) is 1.21. The predicted octanol–water partition coefficient (Wildman–Crippen LogP) is 1.83. The molecule has 2 N–H and O–H groups in total. The number of imide groups is 1. The van der Waals surface area contributed by atoms with Crippen LogP contribution in [0.4, 0.5) is 14.9 Å². The van der Waals surface area contributed by atoms with Crippen LogP contribution in [0.15, 0.2) is 30.3 Å². The molecule has 4 amide bonds. The van der Waals surface area contributed by atoms with Crippen molar-refractivity contribution in [3.63, 3.8) is 0 Å². The minimum absolute atomic E-state index is 0.159. The van der Waals surface area contributed by atoms with Gasteiger partial charge in [-0.05, 0) is 23.8 Å². The number of ether oxygens (including phenoxy) is 1. The van der Waals surface area contributed by atoms with Crippen LogP contribution in [0, 0.1) is 5.82 Å². The van der Waals surface area contributed by atoms with Crippen molar-refractivity contribution in [2.45, 2.75) is 0 Å². The second-order valence-electron chi connectivity index (χ2n) is 5.61. The summed E-state index contributed by atoms with van der Waals surface area (Å²) in [5, 5.41) is 4.62. The molecule has 0 radical (unpaired) electrons. The van der Waals surface area contributed by atoms with E-state index in [0.29, 0.717) is 10.4 Å². The lowest BCUT2D eigenvalue weighted by Gasteiger charge is -2.12. The molecule has 1 fully saturated rings. The average Bonchev–Trinajstić information content (AvgIpc) is 3.18. The van der Waals surface area contributed by atoms with Gasteiger partial charge in [0.2, 0.25) is 11.8 Å². The Morgan fingerprint density at radius 3 is 2.59 bits per heavy atom. The third-order valence-corrected chi connectivity index (χ3v) is 4.87. The molecule has 27 heavy (non-hydrogen) atoms. The van der Waals surface area contributed by atoms with Gasteiger partial charge in [-0.1, -0.05) is 12.1 Å². The number of amides is 4. The lowest BCUT2D eigenvalue weighted by Crippen LogP contribution is -2.35. The fourth-order valence-electron chi connectivity index (χ4n) is 2.46. The van der Waals surface area contributed by atoms with Gasteiger partial charge in [-0.2, -0.15) is 0 Å². The number of rotatable bonds is 5. The van der Waals surface area contributed by atoms with Crippen LogP contribution in [0.2, 0.25) is 0 Å². The summed E-state index contributed by atoms with van der Waals surface area (Å²) in [6, 6.07) is 6.59. The first-order valence-corrected chi connectivity index (χ1v) is 8.55. The number of nitrogens with zero attached hydrogens (tertiary/aromatic N) is 1. The zero-order valence-electron chi connectivity index (χ0n) is 14.1. The molecular weight excluding hydrogens is 377 g/mol. The molecule has 140 valence electrons. The molecule has 2 heterocycles. The summed E-state index contributed by atoms with van der Waals surface area (Å²) in [6.45, 7) is -0.555. The van der Waals surface area contributed by atoms with Gasteiger partial charge in [0.15, 0.2) is 0 Å². The van der Waals surface area contributed by atoms with E-state index in [2.05, 4.69) is 10.6 Å². The molecule has 0 aliphatic carbocycles. The summed E-state index contributed by atoms with van der Waals surface area (Å²) in [4.78, 5) is 48.8. The molecule has 3 rings (SSSR count). The van der Waals surface area contributed by atoms with Crippen LogP contribution in [0.25, 0.3) is 10.4 Å². The highest BCUT2D eigenvalue weighted by molar-refractivity contribution is 7.18. The van der Waals surface area contributed by atoms with Gasteiger partial charge in [-0.3, -0.25) is 14.9 Å². The normalized spacial score (nSPS) is 13.5. The second-order valence-corrected chi connectivity index (χ2v) is 6.66. The fourth-order valence-corrected chi connectivity index (χ4v) is 3.50. The minimum atomic E-state index is -0.652. The Morgan fingerprint density at radius 1 is 1.30 bits per heavy atom. The highest BCUT2D eigenvalue weighted by Crippen LogP contribution is 2.35. The summed E-state index contributed by atoms with van der Waals surface area (Å²) in [5.41, 5.74) is 0.874. The minimum Gasteiger partial charge on any atom is -0.465 e. The maximum absolute atomic E-state index is 13.1. The Kier molecular flexibility index (Phi) is 5.17. The van der Waals surface area contributed by atoms with Crippen molar-refractivity contribution in [2.24, 2.45) is 0 Å². The molecule has 1 aromatic heterocycles. The lowest BCUT2D eigenvalue weighted by atomic mass is 10.2. The van der Waals surface area contributed by atoms with E-state index in [1.165, 1.54) is 19.2 Å². The van der Waals surface area contributed by atoms with Gasteiger partial charge in [0.05, 0.1) is 12.8 Å². The van der Waals surface area contributed by atoms with Crippen LogP contribution in [0.1, 0.15) is 9.67 Å². The van der Waals surface area contributed by atoms with Crippen molar-refractivity contribution < 1.29 is 28.3 Å². The molecule has 1 aromatic carbocycles. The molecule has 1 aliphatic heterocycles. The largest absolute Gasteiger partial charge is 0.465 e. The maximum Gasteiger partial charge on any atom is 0.350 e. The quantitative estimate of drug-likeness (QED) is 0.598. The van der Waals surface area contributed by atoms with Crippen molar-refractivity contribution in [3.05, 3.63) is 41.0 Å². The highest BCUT2D eigenvalue weighted by Gasteiger charge is 2.29.